The first kappa shape index (κ1) is 40.7. The lowest BCUT2D eigenvalue weighted by Crippen LogP contribution is -2.52. The van der Waals surface area contributed by atoms with Crippen molar-refractivity contribution in [3.05, 3.63) is 65.9 Å². The number of imidazole rings is 2. The van der Waals surface area contributed by atoms with Crippen LogP contribution < -0.4 is 15.4 Å². The van der Waals surface area contributed by atoms with Gasteiger partial charge in [-0.1, -0.05) is 52.8 Å². The summed E-state index contributed by atoms with van der Waals surface area (Å²) in [5.41, 5.74) is 6.58. The average Bonchev–Trinajstić information content (AvgIpc) is 4.05. The van der Waals surface area contributed by atoms with Crippen molar-refractivity contribution in [3.63, 3.8) is 0 Å². The van der Waals surface area contributed by atoms with E-state index in [0.717, 1.165) is 74.8 Å². The first-order chi connectivity index (χ1) is 28.8. The minimum Gasteiger partial charge on any atom is -0.488 e. The number of rotatable bonds is 9. The number of aromatic amines is 2. The van der Waals surface area contributed by atoms with E-state index in [4.69, 9.17) is 24.2 Å². The molecule has 2 aromatic heterocycles. The number of carbonyl (C=O) groups excluding carboxylic acids is 4. The van der Waals surface area contributed by atoms with Crippen molar-refractivity contribution in [2.75, 3.05) is 20.8 Å². The second-order valence-electron chi connectivity index (χ2n) is 17.2. The molecule has 60 heavy (non-hydrogen) atoms. The van der Waals surface area contributed by atoms with Crippen LogP contribution >= 0.6 is 0 Å². The van der Waals surface area contributed by atoms with E-state index in [1.54, 1.807) is 0 Å². The Morgan fingerprint density at radius 2 is 1.55 bits per heavy atom. The van der Waals surface area contributed by atoms with Gasteiger partial charge in [-0.3, -0.25) is 9.59 Å². The molecule has 8 rings (SSSR count). The zero-order valence-electron chi connectivity index (χ0n) is 35.4. The van der Waals surface area contributed by atoms with Crippen LogP contribution in [0.15, 0.2) is 48.7 Å². The standard InChI is InChI=1S/C45H54N8O7/c1-22(2)37(50-44(56)58-7)42(54)52-20-24(5)15-35(52)40-46-19-33(48-40)27-10-12-29-28(16-27)21-60-36-18-30-26(17-31(29)36)11-13-32-39(30)49-41(47-32)34-14-9-25(6)53(34)43(55)38(23(3)4)51-45(57)59-8/h10-13,16-19,22-25,34-35,37-38H,9,14-15,20-21H2,1-8H3,(H,46,48)(H,47,49)(H,50,56)(H,51,57)/t24-,25-,34-,35-,37?,38-/m0/s1. The van der Waals surface area contributed by atoms with E-state index < -0.39 is 24.3 Å². The smallest absolute Gasteiger partial charge is 0.407 e. The monoisotopic (exact) mass is 818 g/mol. The van der Waals surface area contributed by atoms with Gasteiger partial charge in [0.2, 0.25) is 11.8 Å². The summed E-state index contributed by atoms with van der Waals surface area (Å²) >= 11 is 0. The molecule has 5 heterocycles. The summed E-state index contributed by atoms with van der Waals surface area (Å²) in [5, 5.41) is 7.42. The fraction of sp³-hybridized carbons (Fsp3) is 0.467. The van der Waals surface area contributed by atoms with Crippen LogP contribution in [0.1, 0.15) is 90.1 Å². The summed E-state index contributed by atoms with van der Waals surface area (Å²) in [6.07, 6.45) is 2.87. The number of alkyl carbamates (subject to hydrolysis) is 2. The van der Waals surface area contributed by atoms with Gasteiger partial charge in [0.25, 0.3) is 0 Å². The predicted octanol–water partition coefficient (Wildman–Crippen LogP) is 7.39. The molecular weight excluding hydrogens is 765 g/mol. The first-order valence-corrected chi connectivity index (χ1v) is 20.9. The molecule has 0 saturated carbocycles. The van der Waals surface area contributed by atoms with Crippen LogP contribution in [0.2, 0.25) is 0 Å². The molecular formula is C45H54N8O7. The van der Waals surface area contributed by atoms with E-state index in [1.807, 2.05) is 56.7 Å². The van der Waals surface area contributed by atoms with Crippen LogP contribution in [0.3, 0.4) is 0 Å². The Bertz CT molecular complexity index is 2470. The molecule has 0 spiro atoms. The topological polar surface area (TPSA) is 184 Å². The third kappa shape index (κ3) is 7.38. The Balaban J connectivity index is 1.05. The lowest BCUT2D eigenvalue weighted by atomic mass is 9.92. The SMILES string of the molecule is COC(=O)NC(C(=O)N1C[C@@H](C)C[C@H]1c1ncc(-c2ccc3c(c2)COc2cc4c(ccc5[nH]c([C@@H]6CC[C@H](C)N6C(=O)[C@@H](NC(=O)OC)C(C)C)nc54)cc2-3)[nH]1)C(C)C. The maximum atomic E-state index is 14.0. The van der Waals surface area contributed by atoms with Crippen molar-refractivity contribution in [2.24, 2.45) is 17.8 Å². The number of carbonyl (C=O) groups is 4. The van der Waals surface area contributed by atoms with Crippen LogP contribution in [0, 0.1) is 17.8 Å². The van der Waals surface area contributed by atoms with Crippen molar-refractivity contribution >= 4 is 45.8 Å². The quantitative estimate of drug-likeness (QED) is 0.118. The largest absolute Gasteiger partial charge is 0.488 e. The number of hydrogen-bond acceptors (Lipinski definition) is 9. The molecule has 0 aliphatic carbocycles. The Kier molecular flexibility index (Phi) is 10.9. The maximum Gasteiger partial charge on any atom is 0.407 e. The number of amides is 4. The molecule has 1 unspecified atom stereocenters. The summed E-state index contributed by atoms with van der Waals surface area (Å²) in [7, 11) is 2.59. The third-order valence-electron chi connectivity index (χ3n) is 12.4. The molecule has 316 valence electrons. The molecule has 0 bridgehead atoms. The van der Waals surface area contributed by atoms with Gasteiger partial charge in [0.05, 0.1) is 49.2 Å². The van der Waals surface area contributed by atoms with Gasteiger partial charge in [-0.25, -0.2) is 19.6 Å². The molecule has 6 atom stereocenters. The van der Waals surface area contributed by atoms with Gasteiger partial charge in [0.1, 0.15) is 36.1 Å². The number of nitrogens with zero attached hydrogens (tertiary/aromatic N) is 4. The highest BCUT2D eigenvalue weighted by molar-refractivity contribution is 6.07. The zero-order valence-corrected chi connectivity index (χ0v) is 35.4. The van der Waals surface area contributed by atoms with Gasteiger partial charge in [-0.15, -0.1) is 0 Å². The Morgan fingerprint density at radius 3 is 2.25 bits per heavy atom. The third-order valence-corrected chi connectivity index (χ3v) is 12.4. The maximum absolute atomic E-state index is 14.0. The summed E-state index contributed by atoms with van der Waals surface area (Å²) in [4.78, 5) is 72.6. The molecule has 3 aliphatic heterocycles. The van der Waals surface area contributed by atoms with Crippen LogP contribution in [0.4, 0.5) is 9.59 Å². The van der Waals surface area contributed by atoms with Crippen molar-refractivity contribution in [2.45, 2.75) is 97.6 Å². The van der Waals surface area contributed by atoms with E-state index in [2.05, 4.69) is 63.9 Å². The second kappa shape index (κ2) is 16.1. The molecule has 15 nitrogen and oxygen atoms in total. The predicted molar refractivity (Wildman–Crippen MR) is 226 cm³/mol. The highest BCUT2D eigenvalue weighted by Gasteiger charge is 2.42. The van der Waals surface area contributed by atoms with Crippen LogP contribution in [0.5, 0.6) is 5.75 Å². The fourth-order valence-corrected chi connectivity index (χ4v) is 9.19. The van der Waals surface area contributed by atoms with E-state index in [1.165, 1.54) is 14.2 Å². The van der Waals surface area contributed by atoms with Gasteiger partial charge in [0.15, 0.2) is 0 Å². The lowest BCUT2D eigenvalue weighted by Gasteiger charge is -2.32. The number of fused-ring (bicyclic) bond motifs is 6. The molecule has 2 saturated heterocycles. The molecule has 3 aromatic carbocycles. The molecule has 15 heteroatoms. The van der Waals surface area contributed by atoms with Crippen molar-refractivity contribution in [3.8, 4) is 28.1 Å². The molecule has 4 N–H and O–H groups in total. The zero-order chi connectivity index (χ0) is 42.6. The molecule has 0 radical (unpaired) electrons. The first-order valence-electron chi connectivity index (χ1n) is 20.9. The Labute approximate surface area is 348 Å². The average molecular weight is 819 g/mol. The molecule has 2 fully saturated rings. The Morgan fingerprint density at radius 1 is 0.833 bits per heavy atom. The van der Waals surface area contributed by atoms with Crippen molar-refractivity contribution in [1.29, 1.82) is 0 Å². The molecule has 4 amide bonds. The number of methoxy groups -OCH3 is 2. The van der Waals surface area contributed by atoms with Gasteiger partial charge in [-0.05, 0) is 90.3 Å². The number of nitrogens with one attached hydrogen (secondary N) is 4. The number of benzene rings is 3. The van der Waals surface area contributed by atoms with Crippen LogP contribution in [-0.4, -0.2) is 92.6 Å². The highest BCUT2D eigenvalue weighted by atomic mass is 16.5. The number of likely N-dealkylation sites (tertiary alicyclic amines) is 2. The minimum atomic E-state index is -0.726. The van der Waals surface area contributed by atoms with E-state index in [0.29, 0.717) is 24.8 Å². The van der Waals surface area contributed by atoms with Crippen molar-refractivity contribution in [1.82, 2.24) is 40.4 Å². The fourth-order valence-electron chi connectivity index (χ4n) is 9.19. The highest BCUT2D eigenvalue weighted by Crippen LogP contribution is 2.44. The summed E-state index contributed by atoms with van der Waals surface area (Å²) < 4.78 is 16.0. The van der Waals surface area contributed by atoms with Gasteiger partial charge < -0.3 is 44.6 Å². The number of hydrogen-bond donors (Lipinski definition) is 4. The molecule has 5 aromatic rings. The summed E-state index contributed by atoms with van der Waals surface area (Å²) in [5.74, 6) is 1.89. The Hall–Kier alpha value is -6.12. The number of ether oxygens (including phenoxy) is 3. The van der Waals surface area contributed by atoms with E-state index >= 15 is 0 Å². The summed E-state index contributed by atoms with van der Waals surface area (Å²) in [6.45, 7) is 12.7. The van der Waals surface area contributed by atoms with Crippen LogP contribution in [0.25, 0.3) is 44.2 Å². The van der Waals surface area contributed by atoms with Crippen molar-refractivity contribution < 1.29 is 33.4 Å². The normalized spacial score (nSPS) is 20.8. The second-order valence-corrected chi connectivity index (χ2v) is 17.2. The number of H-pyrrole nitrogens is 2. The van der Waals surface area contributed by atoms with E-state index in [-0.39, 0.29) is 47.7 Å². The van der Waals surface area contributed by atoms with E-state index in [9.17, 15) is 19.2 Å². The lowest BCUT2D eigenvalue weighted by molar-refractivity contribution is -0.137. The number of aromatic nitrogens is 4. The molecule has 3 aliphatic rings. The van der Waals surface area contributed by atoms with Gasteiger partial charge in [0, 0.05) is 23.5 Å². The van der Waals surface area contributed by atoms with Crippen LogP contribution in [-0.2, 0) is 25.7 Å². The minimum absolute atomic E-state index is 0.0255. The van der Waals surface area contributed by atoms with Gasteiger partial charge in [-0.2, -0.15) is 0 Å². The van der Waals surface area contributed by atoms with Gasteiger partial charge >= 0.3 is 12.2 Å². The summed E-state index contributed by atoms with van der Waals surface area (Å²) in [6, 6.07) is 12.7.